The fraction of sp³-hybridized carbons (Fsp3) is 0.533. The Bertz CT molecular complexity index is 641. The number of rotatable bonds is 7. The molecule has 0 atom stereocenters. The number of sulfone groups is 1. The third-order valence-corrected chi connectivity index (χ3v) is 5.06. The van der Waals surface area contributed by atoms with Crippen LogP contribution in [0, 0.1) is 0 Å². The number of nitrogens with zero attached hydrogens (tertiary/aromatic N) is 1. The van der Waals surface area contributed by atoms with Crippen molar-refractivity contribution in [2.24, 2.45) is 4.99 Å². The summed E-state index contributed by atoms with van der Waals surface area (Å²) in [5, 5.41) is 5.87. The second-order valence-corrected chi connectivity index (χ2v) is 7.58. The zero-order valence-corrected chi connectivity index (χ0v) is 14.5. The zero-order valence-electron chi connectivity index (χ0n) is 13.7. The van der Waals surface area contributed by atoms with Gasteiger partial charge in [-0.25, -0.2) is 8.42 Å². The summed E-state index contributed by atoms with van der Waals surface area (Å²) in [4.78, 5) is 3.96. The van der Waals surface area contributed by atoms with Gasteiger partial charge < -0.3 is 10.6 Å². The van der Waals surface area contributed by atoms with E-state index in [4.69, 9.17) is 0 Å². The first-order valence-corrected chi connectivity index (χ1v) is 9.31. The van der Waals surface area contributed by atoms with Gasteiger partial charge in [-0.2, -0.15) is 13.2 Å². The summed E-state index contributed by atoms with van der Waals surface area (Å²) in [5.74, 6) is 0.561. The highest BCUT2D eigenvalue weighted by Gasteiger charge is 2.29. The van der Waals surface area contributed by atoms with Gasteiger partial charge in [-0.1, -0.05) is 19.1 Å². The lowest BCUT2D eigenvalue weighted by Crippen LogP contribution is -2.40. The van der Waals surface area contributed by atoms with E-state index in [9.17, 15) is 21.6 Å². The Morgan fingerprint density at radius 2 is 1.71 bits per heavy atom. The average molecular weight is 365 g/mol. The Labute approximate surface area is 140 Å². The largest absolute Gasteiger partial charge is 0.416 e. The van der Waals surface area contributed by atoms with Crippen molar-refractivity contribution in [1.82, 2.24) is 10.6 Å². The van der Waals surface area contributed by atoms with Crippen LogP contribution in [0.25, 0.3) is 0 Å². The minimum atomic E-state index is -4.33. The summed E-state index contributed by atoms with van der Waals surface area (Å²) in [7, 11) is -1.48. The first-order valence-electron chi connectivity index (χ1n) is 7.49. The quantitative estimate of drug-likeness (QED) is 0.571. The van der Waals surface area contributed by atoms with Crippen LogP contribution in [0.3, 0.4) is 0 Å². The minimum Gasteiger partial charge on any atom is -0.356 e. The monoisotopic (exact) mass is 365 g/mol. The predicted molar refractivity (Wildman–Crippen MR) is 88.8 cm³/mol. The molecule has 0 aliphatic heterocycles. The van der Waals surface area contributed by atoms with Crippen LogP contribution in [-0.2, 0) is 22.4 Å². The Hall–Kier alpha value is -1.77. The smallest absolute Gasteiger partial charge is 0.356 e. The molecule has 0 radical (unpaired) electrons. The van der Waals surface area contributed by atoms with E-state index in [0.29, 0.717) is 18.9 Å². The molecule has 5 nitrogen and oxygen atoms in total. The van der Waals surface area contributed by atoms with Gasteiger partial charge in [-0.15, -0.1) is 0 Å². The van der Waals surface area contributed by atoms with E-state index in [2.05, 4.69) is 15.6 Å². The summed E-state index contributed by atoms with van der Waals surface area (Å²) in [6.07, 6.45) is -3.81. The highest BCUT2D eigenvalue weighted by Crippen LogP contribution is 2.29. The Kier molecular flexibility index (Phi) is 7.53. The van der Waals surface area contributed by atoms with Crippen LogP contribution in [0.5, 0.6) is 0 Å². The molecule has 0 unspecified atom stereocenters. The van der Waals surface area contributed by atoms with Crippen LogP contribution in [0.1, 0.15) is 18.1 Å². The van der Waals surface area contributed by atoms with E-state index < -0.39 is 21.6 Å². The molecule has 0 amide bonds. The number of hydrogen-bond acceptors (Lipinski definition) is 3. The summed E-state index contributed by atoms with van der Waals surface area (Å²) < 4.78 is 60.2. The molecule has 0 bridgehead atoms. The van der Waals surface area contributed by atoms with Gasteiger partial charge in [-0.05, 0) is 24.1 Å². The normalized spacial score (nSPS) is 13.0. The van der Waals surface area contributed by atoms with Gasteiger partial charge in [0.05, 0.1) is 11.3 Å². The van der Waals surface area contributed by atoms with E-state index in [-0.39, 0.29) is 18.1 Å². The maximum atomic E-state index is 12.5. The van der Waals surface area contributed by atoms with Crippen molar-refractivity contribution in [2.45, 2.75) is 19.5 Å². The lowest BCUT2D eigenvalue weighted by atomic mass is 10.1. The molecule has 0 spiro atoms. The molecule has 1 rings (SSSR count). The van der Waals surface area contributed by atoms with Crippen molar-refractivity contribution < 1.29 is 21.6 Å². The second-order valence-electron chi connectivity index (χ2n) is 5.11. The molecule has 1 aromatic carbocycles. The second kappa shape index (κ2) is 8.91. The lowest BCUT2D eigenvalue weighted by Gasteiger charge is -2.12. The van der Waals surface area contributed by atoms with Gasteiger partial charge >= 0.3 is 6.18 Å². The van der Waals surface area contributed by atoms with Crippen molar-refractivity contribution in [2.75, 3.05) is 31.6 Å². The summed E-state index contributed by atoms with van der Waals surface area (Å²) in [5.41, 5.74) is 0.0910. The summed E-state index contributed by atoms with van der Waals surface area (Å²) >= 11 is 0. The van der Waals surface area contributed by atoms with E-state index in [0.717, 1.165) is 17.7 Å². The highest BCUT2D eigenvalue weighted by molar-refractivity contribution is 7.91. The van der Waals surface area contributed by atoms with Gasteiger partial charge in [0.15, 0.2) is 15.8 Å². The first kappa shape index (κ1) is 20.3. The molecule has 0 saturated carbocycles. The highest BCUT2D eigenvalue weighted by atomic mass is 32.2. The molecule has 0 aliphatic carbocycles. The summed E-state index contributed by atoms with van der Waals surface area (Å²) in [6.45, 7) is 2.30. The van der Waals surface area contributed by atoms with Crippen LogP contribution in [-0.4, -0.2) is 46.0 Å². The molecule has 2 N–H and O–H groups in total. The topological polar surface area (TPSA) is 70.6 Å². The first-order chi connectivity index (χ1) is 11.2. The van der Waals surface area contributed by atoms with Crippen LogP contribution in [0.15, 0.2) is 29.3 Å². The van der Waals surface area contributed by atoms with E-state index in [1.807, 2.05) is 0 Å². The molecular weight excluding hydrogens is 343 g/mol. The number of guanidine groups is 1. The Morgan fingerprint density at radius 1 is 1.12 bits per heavy atom. The average Bonchev–Trinajstić information content (AvgIpc) is 2.53. The minimum absolute atomic E-state index is 0.0170. The third-order valence-electron chi connectivity index (χ3n) is 3.36. The number of nitrogens with one attached hydrogen (secondary N) is 2. The third kappa shape index (κ3) is 7.20. The summed E-state index contributed by atoms with van der Waals surface area (Å²) in [6, 6.07) is 4.99. The zero-order chi connectivity index (χ0) is 18.2. The maximum absolute atomic E-state index is 12.5. The molecule has 136 valence electrons. The molecule has 24 heavy (non-hydrogen) atoms. The van der Waals surface area contributed by atoms with Crippen molar-refractivity contribution in [1.29, 1.82) is 0 Å². The fourth-order valence-electron chi connectivity index (χ4n) is 1.88. The number of alkyl halides is 3. The SMILES string of the molecule is CCS(=O)(=O)CCNC(=NC)NCCc1ccc(C(F)(F)F)cc1. The van der Waals surface area contributed by atoms with Crippen molar-refractivity contribution in [3.63, 3.8) is 0 Å². The van der Waals surface area contributed by atoms with Gasteiger partial charge in [-0.3, -0.25) is 4.99 Å². The fourth-order valence-corrected chi connectivity index (χ4v) is 2.58. The van der Waals surface area contributed by atoms with Gasteiger partial charge in [0.1, 0.15) is 0 Å². The van der Waals surface area contributed by atoms with Crippen LogP contribution in [0.2, 0.25) is 0 Å². The number of benzene rings is 1. The molecule has 0 aromatic heterocycles. The molecule has 0 saturated heterocycles. The van der Waals surface area contributed by atoms with Crippen LogP contribution >= 0.6 is 0 Å². The van der Waals surface area contributed by atoms with Gasteiger partial charge in [0, 0.05) is 25.9 Å². The number of hydrogen-bond donors (Lipinski definition) is 2. The van der Waals surface area contributed by atoms with E-state index >= 15 is 0 Å². The van der Waals surface area contributed by atoms with Gasteiger partial charge in [0.2, 0.25) is 0 Å². The molecular formula is C15H22F3N3O2S. The van der Waals surface area contributed by atoms with Gasteiger partial charge in [0.25, 0.3) is 0 Å². The van der Waals surface area contributed by atoms with E-state index in [1.54, 1.807) is 14.0 Å². The van der Waals surface area contributed by atoms with Crippen molar-refractivity contribution >= 4 is 15.8 Å². The van der Waals surface area contributed by atoms with E-state index in [1.165, 1.54) is 12.1 Å². The van der Waals surface area contributed by atoms with Crippen LogP contribution in [0.4, 0.5) is 13.2 Å². The van der Waals surface area contributed by atoms with Crippen LogP contribution < -0.4 is 10.6 Å². The molecule has 0 heterocycles. The number of aliphatic imine (C=N–C) groups is 1. The molecule has 1 aromatic rings. The predicted octanol–water partition coefficient (Wildman–Crippen LogP) is 1.85. The maximum Gasteiger partial charge on any atom is 0.416 e. The Morgan fingerprint density at radius 3 is 2.21 bits per heavy atom. The molecule has 0 aliphatic rings. The Balaban J connectivity index is 2.39. The lowest BCUT2D eigenvalue weighted by molar-refractivity contribution is -0.137. The molecule has 0 fully saturated rings. The number of halogens is 3. The standard InChI is InChI=1S/C15H22F3N3O2S/c1-3-24(22,23)11-10-21-14(19-2)20-9-8-12-4-6-13(7-5-12)15(16,17)18/h4-7H,3,8-11H2,1-2H3,(H2,19,20,21). The molecule has 9 heteroatoms. The van der Waals surface area contributed by atoms with Crippen molar-refractivity contribution in [3.05, 3.63) is 35.4 Å². The van der Waals surface area contributed by atoms with Crippen molar-refractivity contribution in [3.8, 4) is 0 Å².